The highest BCUT2D eigenvalue weighted by Gasteiger charge is 2.19. The van der Waals surface area contributed by atoms with Gasteiger partial charge >= 0.3 is 0 Å². The van der Waals surface area contributed by atoms with Gasteiger partial charge in [0.15, 0.2) is 0 Å². The third-order valence-electron chi connectivity index (χ3n) is 2.13. The van der Waals surface area contributed by atoms with Crippen LogP contribution < -0.4 is 5.32 Å². The van der Waals surface area contributed by atoms with Crippen LogP contribution in [-0.4, -0.2) is 22.2 Å². The first-order chi connectivity index (χ1) is 8.22. The third kappa shape index (κ3) is 2.28. The second-order valence-electron chi connectivity index (χ2n) is 3.31. The Morgan fingerprint density at radius 2 is 2.18 bits per heavy atom. The van der Waals surface area contributed by atoms with Crippen molar-refractivity contribution in [2.24, 2.45) is 0 Å². The zero-order valence-electron chi connectivity index (χ0n) is 9.08. The topological polar surface area (TPSA) is 94.1 Å². The van der Waals surface area contributed by atoms with E-state index < -0.39 is 4.92 Å². The Kier molecular flexibility index (Phi) is 3.10. The van der Waals surface area contributed by atoms with E-state index in [9.17, 15) is 10.1 Å². The Hall–Kier alpha value is -2.28. The van der Waals surface area contributed by atoms with Gasteiger partial charge in [0.25, 0.3) is 11.6 Å². The average Bonchev–Trinajstić information content (AvgIpc) is 2.78. The van der Waals surface area contributed by atoms with Gasteiger partial charge in [0.2, 0.25) is 5.89 Å². The van der Waals surface area contributed by atoms with E-state index in [1.807, 2.05) is 0 Å². The Morgan fingerprint density at radius 1 is 1.41 bits per heavy atom. The van der Waals surface area contributed by atoms with Gasteiger partial charge in [-0.05, 0) is 13.1 Å². The Labute approximate surface area is 96.6 Å². The van der Waals surface area contributed by atoms with E-state index in [-0.39, 0.29) is 11.6 Å². The molecule has 0 aliphatic rings. The van der Waals surface area contributed by atoms with E-state index in [1.54, 1.807) is 25.2 Å². The zero-order valence-corrected chi connectivity index (χ0v) is 9.08. The van der Waals surface area contributed by atoms with Crippen molar-refractivity contribution in [1.29, 1.82) is 0 Å². The summed E-state index contributed by atoms with van der Waals surface area (Å²) in [5.41, 5.74) is 0.277. The molecule has 0 saturated carbocycles. The molecular weight excluding hydrogens is 224 g/mol. The lowest BCUT2D eigenvalue weighted by molar-refractivity contribution is -0.384. The number of aromatic nitrogens is 2. The van der Waals surface area contributed by atoms with Crippen molar-refractivity contribution < 1.29 is 9.34 Å². The van der Waals surface area contributed by atoms with Crippen LogP contribution in [0.25, 0.3) is 11.5 Å². The molecule has 1 N–H and O–H groups in total. The molecule has 0 bridgehead atoms. The standard InChI is InChI=1S/C10H10N4O3/c1-11-6-9-12-13-10(17-9)7-4-2-3-5-8(7)14(15)16/h2-5,11H,6H2,1H3. The second kappa shape index (κ2) is 4.71. The van der Waals surface area contributed by atoms with E-state index in [1.165, 1.54) is 6.07 Å². The molecule has 0 aliphatic heterocycles. The molecule has 0 radical (unpaired) electrons. The molecule has 7 nitrogen and oxygen atoms in total. The monoisotopic (exact) mass is 234 g/mol. The first kappa shape index (κ1) is 11.2. The summed E-state index contributed by atoms with van der Waals surface area (Å²) in [4.78, 5) is 10.4. The molecule has 0 saturated heterocycles. The zero-order chi connectivity index (χ0) is 12.3. The molecule has 17 heavy (non-hydrogen) atoms. The average molecular weight is 234 g/mol. The van der Waals surface area contributed by atoms with Crippen LogP contribution in [0.4, 0.5) is 5.69 Å². The number of hydrogen-bond donors (Lipinski definition) is 1. The number of nitrogens with one attached hydrogen (secondary N) is 1. The van der Waals surface area contributed by atoms with Crippen LogP contribution in [0.1, 0.15) is 5.89 Å². The summed E-state index contributed by atoms with van der Waals surface area (Å²) in [6.07, 6.45) is 0. The molecule has 2 rings (SSSR count). The maximum Gasteiger partial charge on any atom is 0.282 e. The Balaban J connectivity index is 2.41. The van der Waals surface area contributed by atoms with Crippen LogP contribution >= 0.6 is 0 Å². The van der Waals surface area contributed by atoms with E-state index in [4.69, 9.17) is 4.42 Å². The van der Waals surface area contributed by atoms with Crippen LogP contribution in [-0.2, 0) is 6.54 Å². The fraction of sp³-hybridized carbons (Fsp3) is 0.200. The lowest BCUT2D eigenvalue weighted by Crippen LogP contribution is -2.04. The summed E-state index contributed by atoms with van der Waals surface area (Å²) in [7, 11) is 1.74. The van der Waals surface area contributed by atoms with Gasteiger partial charge in [-0.15, -0.1) is 10.2 Å². The molecular formula is C10H10N4O3. The van der Waals surface area contributed by atoms with Gasteiger partial charge in [-0.25, -0.2) is 0 Å². The maximum atomic E-state index is 10.8. The van der Waals surface area contributed by atoms with E-state index in [0.29, 0.717) is 18.0 Å². The van der Waals surface area contributed by atoms with Gasteiger partial charge in [0, 0.05) is 6.07 Å². The number of nitro groups is 1. The predicted molar refractivity (Wildman–Crippen MR) is 59.2 cm³/mol. The quantitative estimate of drug-likeness (QED) is 0.634. The molecule has 0 fully saturated rings. The van der Waals surface area contributed by atoms with Crippen molar-refractivity contribution in [3.05, 3.63) is 40.3 Å². The third-order valence-corrected chi connectivity index (χ3v) is 2.13. The summed E-state index contributed by atoms with van der Waals surface area (Å²) in [6, 6.07) is 6.25. The van der Waals surface area contributed by atoms with Crippen LogP contribution in [0, 0.1) is 10.1 Å². The number of hydrogen-bond acceptors (Lipinski definition) is 6. The number of nitro benzene ring substituents is 1. The van der Waals surface area contributed by atoms with E-state index >= 15 is 0 Å². The minimum absolute atomic E-state index is 0.0489. The van der Waals surface area contributed by atoms with E-state index in [0.717, 1.165) is 0 Å². The van der Waals surface area contributed by atoms with Crippen molar-refractivity contribution in [2.45, 2.75) is 6.54 Å². The molecule has 2 aromatic rings. The van der Waals surface area contributed by atoms with Crippen molar-refractivity contribution in [3.63, 3.8) is 0 Å². The lowest BCUT2D eigenvalue weighted by Gasteiger charge is -1.96. The predicted octanol–water partition coefficient (Wildman–Crippen LogP) is 1.36. The summed E-state index contributed by atoms with van der Waals surface area (Å²) in [6.45, 7) is 0.424. The van der Waals surface area contributed by atoms with Gasteiger partial charge in [-0.2, -0.15) is 0 Å². The minimum atomic E-state index is -0.475. The van der Waals surface area contributed by atoms with Crippen molar-refractivity contribution >= 4 is 5.69 Å². The summed E-state index contributed by atoms with van der Waals surface area (Å²) in [5.74, 6) is 0.545. The molecule has 0 spiro atoms. The number of rotatable bonds is 4. The van der Waals surface area contributed by atoms with Crippen LogP contribution in [0.3, 0.4) is 0 Å². The highest BCUT2D eigenvalue weighted by molar-refractivity contribution is 5.66. The maximum absolute atomic E-state index is 10.8. The summed E-state index contributed by atoms with van der Waals surface area (Å²) >= 11 is 0. The van der Waals surface area contributed by atoms with E-state index in [2.05, 4.69) is 15.5 Å². The molecule has 0 amide bonds. The summed E-state index contributed by atoms with van der Waals surface area (Å²) < 4.78 is 5.31. The normalized spacial score (nSPS) is 10.4. The smallest absolute Gasteiger partial charge is 0.282 e. The van der Waals surface area contributed by atoms with Crippen molar-refractivity contribution in [2.75, 3.05) is 7.05 Å². The lowest BCUT2D eigenvalue weighted by atomic mass is 10.2. The second-order valence-corrected chi connectivity index (χ2v) is 3.31. The largest absolute Gasteiger partial charge is 0.419 e. The fourth-order valence-corrected chi connectivity index (χ4v) is 1.40. The van der Waals surface area contributed by atoms with Crippen LogP contribution in [0.15, 0.2) is 28.7 Å². The Bertz CT molecular complexity index is 538. The van der Waals surface area contributed by atoms with Gasteiger partial charge < -0.3 is 9.73 Å². The van der Waals surface area contributed by atoms with Gasteiger partial charge in [-0.3, -0.25) is 10.1 Å². The highest BCUT2D eigenvalue weighted by Crippen LogP contribution is 2.28. The van der Waals surface area contributed by atoms with Crippen LogP contribution in [0.5, 0.6) is 0 Å². The van der Waals surface area contributed by atoms with Crippen molar-refractivity contribution in [1.82, 2.24) is 15.5 Å². The SMILES string of the molecule is CNCc1nnc(-c2ccccc2[N+](=O)[O-])o1. The first-order valence-electron chi connectivity index (χ1n) is 4.93. The first-order valence-corrected chi connectivity index (χ1v) is 4.93. The number of nitrogens with zero attached hydrogens (tertiary/aromatic N) is 3. The van der Waals surface area contributed by atoms with Gasteiger partial charge in [0.05, 0.1) is 11.5 Å². The number of benzene rings is 1. The molecule has 1 aromatic heterocycles. The van der Waals surface area contributed by atoms with Crippen LogP contribution in [0.2, 0.25) is 0 Å². The minimum Gasteiger partial charge on any atom is -0.419 e. The van der Waals surface area contributed by atoms with Gasteiger partial charge in [-0.1, -0.05) is 12.1 Å². The molecule has 0 unspecified atom stereocenters. The highest BCUT2D eigenvalue weighted by atomic mass is 16.6. The fourth-order valence-electron chi connectivity index (χ4n) is 1.40. The number of para-hydroxylation sites is 1. The summed E-state index contributed by atoms with van der Waals surface area (Å²) in [5, 5.41) is 21.3. The molecule has 88 valence electrons. The Morgan fingerprint density at radius 3 is 2.88 bits per heavy atom. The van der Waals surface area contributed by atoms with Gasteiger partial charge in [0.1, 0.15) is 5.56 Å². The molecule has 1 heterocycles. The molecule has 7 heteroatoms. The molecule has 0 atom stereocenters. The molecule has 0 aliphatic carbocycles. The van der Waals surface area contributed by atoms with Crippen molar-refractivity contribution in [3.8, 4) is 11.5 Å². The molecule has 1 aromatic carbocycles.